The molecule has 0 aliphatic rings. The molecule has 0 N–H and O–H groups in total. The summed E-state index contributed by atoms with van der Waals surface area (Å²) in [4.78, 5) is 0. The molecule has 0 aromatic heterocycles. The number of hydrogen-bond acceptors (Lipinski definition) is 3. The molecule has 0 saturated carbocycles. The third kappa shape index (κ3) is 5.02. The van der Waals surface area contributed by atoms with Gasteiger partial charge < -0.3 is 0 Å². The molecule has 1 unspecified atom stereocenters. The van der Waals surface area contributed by atoms with Crippen LogP contribution in [-0.4, -0.2) is 27.0 Å². The molecule has 3 nitrogen and oxygen atoms in total. The summed E-state index contributed by atoms with van der Waals surface area (Å²) in [6.45, 7) is 0.626. The molecule has 11 heavy (non-hydrogen) atoms. The molecule has 0 fully saturated rings. The van der Waals surface area contributed by atoms with E-state index in [1.54, 1.807) is 0 Å². The van der Waals surface area contributed by atoms with E-state index in [1.807, 2.05) is 0 Å². The third-order valence-corrected chi connectivity index (χ3v) is 1.42. The number of rotatable bonds is 2. The Morgan fingerprint density at radius 2 is 1.73 bits per heavy atom. The summed E-state index contributed by atoms with van der Waals surface area (Å²) < 4.78 is 58.8. The van der Waals surface area contributed by atoms with Gasteiger partial charge in [0.2, 0.25) is 0 Å². The fourth-order valence-electron chi connectivity index (χ4n) is 0.317. The van der Waals surface area contributed by atoms with E-state index in [0.29, 0.717) is 13.2 Å². The first kappa shape index (κ1) is 10.7. The van der Waals surface area contributed by atoms with Gasteiger partial charge in [0.25, 0.3) is 10.1 Å². The van der Waals surface area contributed by atoms with Crippen molar-refractivity contribution in [2.45, 2.75) is 19.2 Å². The minimum absolute atomic E-state index is 0.565. The molecule has 1 atom stereocenters. The van der Waals surface area contributed by atoms with Crippen LogP contribution in [0, 0.1) is 0 Å². The van der Waals surface area contributed by atoms with Gasteiger partial charge in [-0.15, -0.1) is 0 Å². The molecule has 68 valence electrons. The van der Waals surface area contributed by atoms with Crippen molar-refractivity contribution in [2.24, 2.45) is 0 Å². The summed E-state index contributed by atoms with van der Waals surface area (Å²) in [5.74, 6) is 0. The van der Waals surface area contributed by atoms with E-state index < -0.39 is 22.4 Å². The van der Waals surface area contributed by atoms with Crippen molar-refractivity contribution in [1.29, 1.82) is 0 Å². The van der Waals surface area contributed by atoms with Crippen LogP contribution < -0.4 is 0 Å². The van der Waals surface area contributed by atoms with E-state index >= 15 is 0 Å². The van der Waals surface area contributed by atoms with Gasteiger partial charge in [-0.3, -0.25) is 4.18 Å². The van der Waals surface area contributed by atoms with Gasteiger partial charge >= 0.3 is 6.18 Å². The van der Waals surface area contributed by atoms with Gasteiger partial charge in [0.1, 0.15) is 0 Å². The second-order valence-corrected chi connectivity index (χ2v) is 3.58. The average molecular weight is 192 g/mol. The highest BCUT2D eigenvalue weighted by Crippen LogP contribution is 2.23. The Bertz CT molecular complexity index is 217. The largest absolute Gasteiger partial charge is 0.415 e. The van der Waals surface area contributed by atoms with Crippen LogP contribution in [0.2, 0.25) is 0 Å². The van der Waals surface area contributed by atoms with Crippen LogP contribution in [0.1, 0.15) is 6.92 Å². The van der Waals surface area contributed by atoms with Gasteiger partial charge in [-0.2, -0.15) is 21.6 Å². The van der Waals surface area contributed by atoms with Crippen LogP contribution >= 0.6 is 0 Å². The van der Waals surface area contributed by atoms with Crippen molar-refractivity contribution in [1.82, 2.24) is 0 Å². The van der Waals surface area contributed by atoms with E-state index in [4.69, 9.17) is 0 Å². The maximum absolute atomic E-state index is 11.6. The summed E-state index contributed by atoms with van der Waals surface area (Å²) in [6.07, 6.45) is -6.35. The molecule has 0 rings (SSSR count). The predicted octanol–water partition coefficient (Wildman–Crippen LogP) is 0.913. The van der Waals surface area contributed by atoms with Crippen LogP contribution in [0.15, 0.2) is 0 Å². The standard InChI is InChI=1S/C4H7F3O3S/c1-3(4(5,6)7)10-11(2,8)9/h3H,1-2H3. The third-order valence-electron chi connectivity index (χ3n) is 0.780. The van der Waals surface area contributed by atoms with Crippen molar-refractivity contribution in [3.8, 4) is 0 Å². The topological polar surface area (TPSA) is 43.4 Å². The first-order chi connectivity index (χ1) is 4.63. The highest BCUT2D eigenvalue weighted by Gasteiger charge is 2.39. The quantitative estimate of drug-likeness (QED) is 0.611. The van der Waals surface area contributed by atoms with Crippen molar-refractivity contribution < 1.29 is 25.8 Å². The van der Waals surface area contributed by atoms with Gasteiger partial charge in [-0.25, -0.2) is 0 Å². The highest BCUT2D eigenvalue weighted by molar-refractivity contribution is 7.86. The monoisotopic (exact) mass is 192 g/mol. The Balaban J connectivity index is 4.21. The highest BCUT2D eigenvalue weighted by atomic mass is 32.2. The molecule has 0 radical (unpaired) electrons. The molecule has 7 heteroatoms. The lowest BCUT2D eigenvalue weighted by atomic mass is 10.4. The summed E-state index contributed by atoms with van der Waals surface area (Å²) in [7, 11) is -4.03. The molecule has 0 bridgehead atoms. The lowest BCUT2D eigenvalue weighted by Crippen LogP contribution is -2.30. The van der Waals surface area contributed by atoms with Crippen molar-refractivity contribution in [3.63, 3.8) is 0 Å². The SMILES string of the molecule is CC(OS(C)(=O)=O)C(F)(F)F. The lowest BCUT2D eigenvalue weighted by molar-refractivity contribution is -0.188. The zero-order valence-electron chi connectivity index (χ0n) is 5.84. The van der Waals surface area contributed by atoms with Crippen molar-refractivity contribution in [2.75, 3.05) is 6.26 Å². The van der Waals surface area contributed by atoms with Crippen LogP contribution in [0.25, 0.3) is 0 Å². The average Bonchev–Trinajstić information content (AvgIpc) is 1.56. The molecule has 0 saturated heterocycles. The Morgan fingerprint density at radius 1 is 1.36 bits per heavy atom. The summed E-state index contributed by atoms with van der Waals surface area (Å²) in [5, 5.41) is 0. The molecule has 0 aromatic carbocycles. The fraction of sp³-hybridized carbons (Fsp3) is 1.00. The molecular weight excluding hydrogens is 185 g/mol. The van der Waals surface area contributed by atoms with Crippen LogP contribution in [0.3, 0.4) is 0 Å². The zero-order chi connectivity index (χ0) is 9.28. The van der Waals surface area contributed by atoms with Crippen molar-refractivity contribution in [3.05, 3.63) is 0 Å². The predicted molar refractivity (Wildman–Crippen MR) is 31.4 cm³/mol. The molecule has 0 aliphatic carbocycles. The number of halogens is 3. The Kier molecular flexibility index (Phi) is 2.90. The smallest absolute Gasteiger partial charge is 0.258 e. The van der Waals surface area contributed by atoms with Gasteiger partial charge in [0.05, 0.1) is 6.26 Å². The molecule has 0 aromatic rings. The zero-order valence-corrected chi connectivity index (χ0v) is 6.66. The summed E-state index contributed by atoms with van der Waals surface area (Å²) in [5.41, 5.74) is 0. The van der Waals surface area contributed by atoms with E-state index in [-0.39, 0.29) is 0 Å². The van der Waals surface area contributed by atoms with Gasteiger partial charge in [-0.1, -0.05) is 0 Å². The lowest BCUT2D eigenvalue weighted by Gasteiger charge is -2.13. The maximum Gasteiger partial charge on any atom is 0.415 e. The summed E-state index contributed by atoms with van der Waals surface area (Å²) in [6, 6.07) is 0. The second-order valence-electron chi connectivity index (χ2n) is 1.98. The van der Waals surface area contributed by atoms with E-state index in [9.17, 15) is 21.6 Å². The molecule has 0 heterocycles. The fourth-order valence-corrected chi connectivity index (χ4v) is 0.950. The van der Waals surface area contributed by atoms with Crippen LogP contribution in [0.5, 0.6) is 0 Å². The first-order valence-corrected chi connectivity index (χ1v) is 4.39. The van der Waals surface area contributed by atoms with E-state index in [2.05, 4.69) is 4.18 Å². The maximum atomic E-state index is 11.6. The second kappa shape index (κ2) is 2.98. The van der Waals surface area contributed by atoms with E-state index in [0.717, 1.165) is 0 Å². The number of hydrogen-bond donors (Lipinski definition) is 0. The molecule has 0 spiro atoms. The van der Waals surface area contributed by atoms with Crippen molar-refractivity contribution >= 4 is 10.1 Å². The molecular formula is C4H7F3O3S. The minimum atomic E-state index is -4.64. The van der Waals surface area contributed by atoms with Gasteiger partial charge in [0, 0.05) is 0 Å². The van der Waals surface area contributed by atoms with E-state index in [1.165, 1.54) is 0 Å². The summed E-state index contributed by atoms with van der Waals surface area (Å²) >= 11 is 0. The van der Waals surface area contributed by atoms with Crippen LogP contribution in [0.4, 0.5) is 13.2 Å². The molecule has 0 amide bonds. The Labute approximate surface area is 62.3 Å². The molecule has 0 aliphatic heterocycles. The first-order valence-electron chi connectivity index (χ1n) is 2.58. The number of alkyl halides is 3. The Morgan fingerprint density at radius 3 is 1.82 bits per heavy atom. The Hall–Kier alpha value is -0.300. The normalized spacial score (nSPS) is 16.5. The van der Waals surface area contributed by atoms with Gasteiger partial charge in [0.15, 0.2) is 6.10 Å². The van der Waals surface area contributed by atoms with Gasteiger partial charge in [-0.05, 0) is 6.92 Å². The minimum Gasteiger partial charge on any atom is -0.258 e. The van der Waals surface area contributed by atoms with Crippen LogP contribution in [-0.2, 0) is 14.3 Å².